The Morgan fingerprint density at radius 3 is 2.38 bits per heavy atom. The second-order valence-corrected chi connectivity index (χ2v) is 7.47. The van der Waals surface area contributed by atoms with E-state index in [4.69, 9.17) is 9.47 Å². The number of nitrogens with zero attached hydrogens (tertiary/aromatic N) is 1. The third-order valence-electron chi connectivity index (χ3n) is 5.10. The smallest absolute Gasteiger partial charge is 0.305 e. The van der Waals surface area contributed by atoms with E-state index in [-0.39, 0.29) is 18.5 Å². The van der Waals surface area contributed by atoms with Crippen LogP contribution in [0.1, 0.15) is 56.9 Å². The van der Waals surface area contributed by atoms with Crippen LogP contribution in [0.4, 0.5) is 0 Å². The molecule has 0 radical (unpaired) electrons. The largest absolute Gasteiger partial charge is 0.490 e. The van der Waals surface area contributed by atoms with Gasteiger partial charge in [-0.3, -0.25) is 4.79 Å². The van der Waals surface area contributed by atoms with Gasteiger partial charge in [-0.05, 0) is 44.6 Å². The van der Waals surface area contributed by atoms with Crippen LogP contribution in [0.15, 0.2) is 24.3 Å². The predicted molar refractivity (Wildman–Crippen MR) is 103 cm³/mol. The zero-order valence-electron chi connectivity index (χ0n) is 16.4. The molecule has 1 aliphatic rings. The Labute approximate surface area is 157 Å². The van der Waals surface area contributed by atoms with Gasteiger partial charge in [-0.15, -0.1) is 0 Å². The number of likely N-dealkylation sites (N-methyl/N-ethyl adjacent to an activating group) is 1. The van der Waals surface area contributed by atoms with E-state index in [9.17, 15) is 9.90 Å². The predicted octanol–water partition coefficient (Wildman–Crippen LogP) is 3.36. The molecule has 1 fully saturated rings. The molecule has 1 unspecified atom stereocenters. The van der Waals surface area contributed by atoms with Crippen LogP contribution in [0.5, 0.6) is 5.75 Å². The fraction of sp³-hybridized carbons (Fsp3) is 0.667. The number of hydrogen-bond donors (Lipinski definition) is 1. The van der Waals surface area contributed by atoms with Crippen LogP contribution in [-0.2, 0) is 9.53 Å². The van der Waals surface area contributed by atoms with Crippen LogP contribution in [0.25, 0.3) is 0 Å². The van der Waals surface area contributed by atoms with Crippen molar-refractivity contribution in [3.05, 3.63) is 29.8 Å². The van der Waals surface area contributed by atoms with Crippen molar-refractivity contribution >= 4 is 5.97 Å². The molecule has 26 heavy (non-hydrogen) atoms. The first kappa shape index (κ1) is 20.7. The molecule has 0 saturated heterocycles. The normalized spacial score (nSPS) is 17.7. The van der Waals surface area contributed by atoms with Gasteiger partial charge in [0.15, 0.2) is 0 Å². The molecule has 1 N–H and O–H groups in total. The summed E-state index contributed by atoms with van der Waals surface area (Å²) in [6.07, 6.45) is 5.52. The quantitative estimate of drug-likeness (QED) is 0.538. The SMILES string of the molecule is CCC(=O)OCCOc1ccc(C(CN(C)C)C2(O)CCCCC2)cc1. The minimum Gasteiger partial charge on any atom is -0.490 e. The maximum atomic E-state index is 11.2. The van der Waals surface area contributed by atoms with Gasteiger partial charge < -0.3 is 19.5 Å². The lowest BCUT2D eigenvalue weighted by Crippen LogP contribution is -2.42. The van der Waals surface area contributed by atoms with E-state index in [2.05, 4.69) is 4.90 Å². The van der Waals surface area contributed by atoms with Crippen molar-refractivity contribution in [3.63, 3.8) is 0 Å². The first-order chi connectivity index (χ1) is 12.4. The molecule has 1 aromatic rings. The van der Waals surface area contributed by atoms with Gasteiger partial charge >= 0.3 is 5.97 Å². The minimum absolute atomic E-state index is 0.0948. The van der Waals surface area contributed by atoms with Gasteiger partial charge in [0.1, 0.15) is 19.0 Å². The molecule has 2 rings (SSSR count). The van der Waals surface area contributed by atoms with E-state index in [0.29, 0.717) is 13.0 Å². The topological polar surface area (TPSA) is 59.0 Å². The minimum atomic E-state index is -0.626. The molecule has 1 atom stereocenters. The van der Waals surface area contributed by atoms with Crippen LogP contribution in [0, 0.1) is 0 Å². The van der Waals surface area contributed by atoms with Crippen molar-refractivity contribution in [3.8, 4) is 5.75 Å². The number of rotatable bonds is 9. The average molecular weight is 363 g/mol. The van der Waals surface area contributed by atoms with E-state index in [1.807, 2.05) is 38.4 Å². The van der Waals surface area contributed by atoms with Gasteiger partial charge in [-0.1, -0.05) is 38.3 Å². The lowest BCUT2D eigenvalue weighted by Gasteiger charge is -2.40. The highest BCUT2D eigenvalue weighted by molar-refractivity contribution is 5.68. The first-order valence-corrected chi connectivity index (χ1v) is 9.70. The van der Waals surface area contributed by atoms with Crippen molar-refractivity contribution in [1.82, 2.24) is 4.90 Å². The van der Waals surface area contributed by atoms with Crippen molar-refractivity contribution in [2.75, 3.05) is 33.9 Å². The molecule has 0 spiro atoms. The highest BCUT2D eigenvalue weighted by Gasteiger charge is 2.38. The summed E-state index contributed by atoms with van der Waals surface area (Å²) in [6.45, 7) is 3.20. The monoisotopic (exact) mass is 363 g/mol. The molecule has 1 saturated carbocycles. The van der Waals surface area contributed by atoms with Gasteiger partial charge in [0.25, 0.3) is 0 Å². The molecular weight excluding hydrogens is 330 g/mol. The standard InChI is InChI=1S/C21H33NO4/c1-4-20(23)26-15-14-25-18-10-8-17(9-11-18)19(16-22(2)3)21(24)12-6-5-7-13-21/h8-11,19,24H,4-7,12-16H2,1-3H3. The molecule has 0 bridgehead atoms. The summed E-state index contributed by atoms with van der Waals surface area (Å²) in [5.41, 5.74) is 0.520. The molecule has 5 heteroatoms. The van der Waals surface area contributed by atoms with Crippen LogP contribution in [-0.4, -0.2) is 55.4 Å². The highest BCUT2D eigenvalue weighted by atomic mass is 16.6. The van der Waals surface area contributed by atoms with Gasteiger partial charge in [-0.2, -0.15) is 0 Å². The summed E-state index contributed by atoms with van der Waals surface area (Å²) in [7, 11) is 4.10. The maximum absolute atomic E-state index is 11.2. The summed E-state index contributed by atoms with van der Waals surface area (Å²) >= 11 is 0. The van der Waals surface area contributed by atoms with E-state index in [0.717, 1.165) is 43.5 Å². The van der Waals surface area contributed by atoms with E-state index >= 15 is 0 Å². The first-order valence-electron chi connectivity index (χ1n) is 9.70. The molecule has 0 aromatic heterocycles. The van der Waals surface area contributed by atoms with E-state index in [1.165, 1.54) is 6.42 Å². The molecule has 5 nitrogen and oxygen atoms in total. The summed E-state index contributed by atoms with van der Waals surface area (Å²) in [5, 5.41) is 11.2. The highest BCUT2D eigenvalue weighted by Crippen LogP contribution is 2.40. The van der Waals surface area contributed by atoms with Gasteiger partial charge in [0, 0.05) is 18.9 Å². The fourth-order valence-corrected chi connectivity index (χ4v) is 3.68. The third-order valence-corrected chi connectivity index (χ3v) is 5.10. The second kappa shape index (κ2) is 9.93. The van der Waals surface area contributed by atoms with Crippen molar-refractivity contribution < 1.29 is 19.4 Å². The van der Waals surface area contributed by atoms with Crippen molar-refractivity contribution in [2.24, 2.45) is 0 Å². The molecule has 0 amide bonds. The Balaban J connectivity index is 1.99. The lowest BCUT2D eigenvalue weighted by molar-refractivity contribution is -0.143. The lowest BCUT2D eigenvalue weighted by atomic mass is 9.72. The number of carbonyl (C=O) groups is 1. The summed E-state index contributed by atoms with van der Waals surface area (Å²) in [4.78, 5) is 13.2. The fourth-order valence-electron chi connectivity index (χ4n) is 3.68. The van der Waals surface area contributed by atoms with E-state index < -0.39 is 5.60 Å². The molecule has 1 aromatic carbocycles. The Morgan fingerprint density at radius 1 is 1.15 bits per heavy atom. The number of ether oxygens (including phenoxy) is 2. The zero-order valence-corrected chi connectivity index (χ0v) is 16.4. The summed E-state index contributed by atoms with van der Waals surface area (Å²) in [6, 6.07) is 7.97. The second-order valence-electron chi connectivity index (χ2n) is 7.47. The Hall–Kier alpha value is -1.59. The van der Waals surface area contributed by atoms with Gasteiger partial charge in [0.2, 0.25) is 0 Å². The van der Waals surface area contributed by atoms with Crippen LogP contribution in [0.3, 0.4) is 0 Å². The van der Waals surface area contributed by atoms with E-state index in [1.54, 1.807) is 6.92 Å². The summed E-state index contributed by atoms with van der Waals surface area (Å²) in [5.74, 6) is 0.633. The number of hydrogen-bond acceptors (Lipinski definition) is 5. The Bertz CT molecular complexity index is 550. The molecule has 0 aliphatic heterocycles. The number of esters is 1. The average Bonchev–Trinajstić information content (AvgIpc) is 2.64. The van der Waals surface area contributed by atoms with Gasteiger partial charge in [-0.25, -0.2) is 0 Å². The number of carbonyl (C=O) groups excluding carboxylic acids is 1. The molecule has 1 aliphatic carbocycles. The maximum Gasteiger partial charge on any atom is 0.305 e. The number of benzene rings is 1. The third kappa shape index (κ3) is 5.99. The zero-order chi connectivity index (χ0) is 19.0. The Kier molecular flexibility index (Phi) is 7.91. The van der Waals surface area contributed by atoms with Gasteiger partial charge in [0.05, 0.1) is 5.60 Å². The molecule has 0 heterocycles. The molecular formula is C21H33NO4. The van der Waals surface area contributed by atoms with Crippen LogP contribution >= 0.6 is 0 Å². The molecule has 146 valence electrons. The van der Waals surface area contributed by atoms with Crippen molar-refractivity contribution in [1.29, 1.82) is 0 Å². The Morgan fingerprint density at radius 2 is 1.81 bits per heavy atom. The van der Waals surface area contributed by atoms with Crippen LogP contribution < -0.4 is 4.74 Å². The number of aliphatic hydroxyl groups is 1. The summed E-state index contributed by atoms with van der Waals surface area (Å²) < 4.78 is 10.6. The van der Waals surface area contributed by atoms with Crippen molar-refractivity contribution in [2.45, 2.75) is 57.0 Å². The van der Waals surface area contributed by atoms with Crippen LogP contribution in [0.2, 0.25) is 0 Å².